The molecule has 2 N–H and O–H groups in total. The molecule has 1 saturated heterocycles. The summed E-state index contributed by atoms with van der Waals surface area (Å²) in [6.07, 6.45) is 3.71. The average molecular weight is 268 g/mol. The van der Waals surface area contributed by atoms with Gasteiger partial charge in [0.05, 0.1) is 0 Å². The van der Waals surface area contributed by atoms with Gasteiger partial charge in [-0.05, 0) is 36.5 Å². The fourth-order valence-corrected chi connectivity index (χ4v) is 3.03. The van der Waals surface area contributed by atoms with Crippen LogP contribution in [0.1, 0.15) is 60.3 Å². The molecule has 0 spiro atoms. The highest BCUT2D eigenvalue weighted by atomic mass is 16.2. The van der Waals surface area contributed by atoms with Crippen LogP contribution in [0.25, 0.3) is 0 Å². The molecule has 112 valence electrons. The smallest absolute Gasteiger partial charge is 0.224 e. The summed E-state index contributed by atoms with van der Waals surface area (Å²) in [6, 6.07) is -0.00433. The summed E-state index contributed by atoms with van der Waals surface area (Å²) in [4.78, 5) is 14.2. The standard InChI is InChI=1S/C16H32N2O/c1-12(2)13-6-8-18(9-7-13)15(19)10-14(17)11-16(3,4)5/h12-14H,6-11,17H2,1-5H3. The van der Waals surface area contributed by atoms with Crippen molar-refractivity contribution in [1.82, 2.24) is 4.90 Å². The molecule has 1 unspecified atom stereocenters. The normalized spacial score (nSPS) is 19.8. The number of nitrogens with zero attached hydrogens (tertiary/aromatic N) is 1. The molecule has 0 aliphatic carbocycles. The van der Waals surface area contributed by atoms with Gasteiger partial charge in [-0.3, -0.25) is 4.79 Å². The first-order chi connectivity index (χ1) is 8.69. The highest BCUT2D eigenvalue weighted by molar-refractivity contribution is 5.76. The predicted octanol–water partition coefficient (Wildman–Crippen LogP) is 3.03. The topological polar surface area (TPSA) is 46.3 Å². The highest BCUT2D eigenvalue weighted by Crippen LogP contribution is 2.25. The average Bonchev–Trinajstić information content (AvgIpc) is 2.26. The molecule has 1 amide bonds. The second kappa shape index (κ2) is 6.74. The summed E-state index contributed by atoms with van der Waals surface area (Å²) in [6.45, 7) is 12.9. The van der Waals surface area contributed by atoms with E-state index in [1.54, 1.807) is 0 Å². The Hall–Kier alpha value is -0.570. The van der Waals surface area contributed by atoms with E-state index in [1.165, 1.54) is 0 Å². The molecule has 0 aromatic heterocycles. The molecule has 1 rings (SSSR count). The van der Waals surface area contributed by atoms with Crippen LogP contribution in [0.2, 0.25) is 0 Å². The van der Waals surface area contributed by atoms with Gasteiger partial charge in [-0.25, -0.2) is 0 Å². The molecule has 1 atom stereocenters. The lowest BCUT2D eigenvalue weighted by molar-refractivity contribution is -0.133. The zero-order valence-electron chi connectivity index (χ0n) is 13.4. The number of carbonyl (C=O) groups is 1. The minimum absolute atomic E-state index is 0.00433. The van der Waals surface area contributed by atoms with E-state index in [2.05, 4.69) is 34.6 Å². The number of hydrogen-bond donors (Lipinski definition) is 1. The lowest BCUT2D eigenvalue weighted by Gasteiger charge is -2.34. The number of likely N-dealkylation sites (tertiary alicyclic amines) is 1. The lowest BCUT2D eigenvalue weighted by Crippen LogP contribution is -2.42. The summed E-state index contributed by atoms with van der Waals surface area (Å²) in [7, 11) is 0. The van der Waals surface area contributed by atoms with Crippen LogP contribution in [-0.4, -0.2) is 29.9 Å². The summed E-state index contributed by atoms with van der Waals surface area (Å²) < 4.78 is 0. The second-order valence-corrected chi connectivity index (χ2v) is 7.69. The minimum atomic E-state index is -0.00433. The maximum Gasteiger partial charge on any atom is 0.224 e. The first kappa shape index (κ1) is 16.5. The quantitative estimate of drug-likeness (QED) is 0.852. The summed E-state index contributed by atoms with van der Waals surface area (Å²) >= 11 is 0. The molecule has 0 radical (unpaired) electrons. The van der Waals surface area contributed by atoms with Crippen molar-refractivity contribution >= 4 is 5.91 Å². The molecular weight excluding hydrogens is 236 g/mol. The Bertz CT molecular complexity index is 286. The van der Waals surface area contributed by atoms with E-state index in [0.29, 0.717) is 6.42 Å². The monoisotopic (exact) mass is 268 g/mol. The third kappa shape index (κ3) is 5.94. The third-order valence-electron chi connectivity index (χ3n) is 4.15. The van der Waals surface area contributed by atoms with E-state index < -0.39 is 0 Å². The van der Waals surface area contributed by atoms with Crippen LogP contribution in [0.5, 0.6) is 0 Å². The van der Waals surface area contributed by atoms with Crippen LogP contribution in [0.15, 0.2) is 0 Å². The van der Waals surface area contributed by atoms with Gasteiger partial charge in [0.25, 0.3) is 0 Å². The molecule has 0 aromatic carbocycles. The van der Waals surface area contributed by atoms with Gasteiger partial charge < -0.3 is 10.6 Å². The largest absolute Gasteiger partial charge is 0.343 e. The SMILES string of the molecule is CC(C)C1CCN(C(=O)CC(N)CC(C)(C)C)CC1. The van der Waals surface area contributed by atoms with Crippen LogP contribution < -0.4 is 5.73 Å². The van der Waals surface area contributed by atoms with E-state index in [1.807, 2.05) is 4.90 Å². The number of hydrogen-bond acceptors (Lipinski definition) is 2. The number of rotatable bonds is 4. The van der Waals surface area contributed by atoms with Gasteiger partial charge in [0.2, 0.25) is 5.91 Å². The van der Waals surface area contributed by atoms with Crippen molar-refractivity contribution < 1.29 is 4.79 Å². The molecule has 0 bridgehead atoms. The van der Waals surface area contributed by atoms with E-state index in [9.17, 15) is 4.79 Å². The van der Waals surface area contributed by atoms with E-state index in [0.717, 1.165) is 44.2 Å². The zero-order chi connectivity index (χ0) is 14.6. The summed E-state index contributed by atoms with van der Waals surface area (Å²) in [5.41, 5.74) is 6.29. The molecule has 1 fully saturated rings. The Labute approximate surface area is 118 Å². The maximum absolute atomic E-state index is 12.2. The first-order valence-corrected chi connectivity index (χ1v) is 7.72. The van der Waals surface area contributed by atoms with E-state index in [-0.39, 0.29) is 17.4 Å². The molecule has 1 heterocycles. The molecular formula is C16H32N2O. The fourth-order valence-electron chi connectivity index (χ4n) is 3.03. The predicted molar refractivity (Wildman–Crippen MR) is 80.8 cm³/mol. The molecule has 19 heavy (non-hydrogen) atoms. The van der Waals surface area contributed by atoms with Crippen molar-refractivity contribution in [3.8, 4) is 0 Å². The Kier molecular flexibility index (Phi) is 5.84. The minimum Gasteiger partial charge on any atom is -0.343 e. The third-order valence-corrected chi connectivity index (χ3v) is 4.15. The van der Waals surface area contributed by atoms with Crippen molar-refractivity contribution in [3.63, 3.8) is 0 Å². The molecule has 1 aliphatic heterocycles. The van der Waals surface area contributed by atoms with Gasteiger partial charge in [0.1, 0.15) is 0 Å². The second-order valence-electron chi connectivity index (χ2n) is 7.69. The van der Waals surface area contributed by atoms with Gasteiger partial charge in [0, 0.05) is 25.6 Å². The Morgan fingerprint density at radius 3 is 2.21 bits per heavy atom. The lowest BCUT2D eigenvalue weighted by atomic mass is 9.85. The molecule has 3 nitrogen and oxygen atoms in total. The summed E-state index contributed by atoms with van der Waals surface area (Å²) in [5.74, 6) is 1.77. The van der Waals surface area contributed by atoms with Crippen LogP contribution in [0, 0.1) is 17.3 Å². The first-order valence-electron chi connectivity index (χ1n) is 7.72. The highest BCUT2D eigenvalue weighted by Gasteiger charge is 2.26. The van der Waals surface area contributed by atoms with Gasteiger partial charge in [-0.1, -0.05) is 34.6 Å². The van der Waals surface area contributed by atoms with Crippen molar-refractivity contribution in [2.45, 2.75) is 66.3 Å². The Morgan fingerprint density at radius 1 is 1.26 bits per heavy atom. The van der Waals surface area contributed by atoms with E-state index in [4.69, 9.17) is 5.73 Å². The number of carbonyl (C=O) groups excluding carboxylic acids is 1. The molecule has 0 aromatic rings. The fraction of sp³-hybridized carbons (Fsp3) is 0.938. The van der Waals surface area contributed by atoms with Gasteiger partial charge >= 0.3 is 0 Å². The van der Waals surface area contributed by atoms with Crippen LogP contribution in [0.4, 0.5) is 0 Å². The zero-order valence-corrected chi connectivity index (χ0v) is 13.4. The molecule has 0 saturated carbocycles. The summed E-state index contributed by atoms with van der Waals surface area (Å²) in [5, 5.41) is 0. The van der Waals surface area contributed by atoms with Gasteiger partial charge in [-0.2, -0.15) is 0 Å². The van der Waals surface area contributed by atoms with Crippen molar-refractivity contribution in [2.75, 3.05) is 13.1 Å². The Balaban J connectivity index is 2.35. The molecule has 3 heteroatoms. The van der Waals surface area contributed by atoms with Crippen molar-refractivity contribution in [3.05, 3.63) is 0 Å². The maximum atomic E-state index is 12.2. The van der Waals surface area contributed by atoms with Crippen LogP contribution in [0.3, 0.4) is 0 Å². The van der Waals surface area contributed by atoms with Gasteiger partial charge in [0.15, 0.2) is 0 Å². The number of amides is 1. The number of nitrogens with two attached hydrogens (primary N) is 1. The van der Waals surface area contributed by atoms with Crippen LogP contribution >= 0.6 is 0 Å². The number of piperidine rings is 1. The molecule has 1 aliphatic rings. The van der Waals surface area contributed by atoms with Crippen molar-refractivity contribution in [1.29, 1.82) is 0 Å². The van der Waals surface area contributed by atoms with E-state index >= 15 is 0 Å². The van der Waals surface area contributed by atoms with Crippen molar-refractivity contribution in [2.24, 2.45) is 23.0 Å². The van der Waals surface area contributed by atoms with Crippen LogP contribution in [-0.2, 0) is 4.79 Å². The van der Waals surface area contributed by atoms with Gasteiger partial charge in [-0.15, -0.1) is 0 Å². The Morgan fingerprint density at radius 2 is 1.79 bits per heavy atom.